The quantitative estimate of drug-likeness (QED) is 0.210. The fraction of sp³-hybridized carbons (Fsp3) is 0.556. The van der Waals surface area contributed by atoms with E-state index in [1.165, 1.54) is 64.0 Å². The first kappa shape index (κ1) is 23.8. The van der Waals surface area contributed by atoms with E-state index in [0.717, 1.165) is 43.2 Å². The van der Waals surface area contributed by atoms with Crippen molar-refractivity contribution in [2.75, 3.05) is 0 Å². The molecule has 0 heterocycles. The number of unbranched alkanes of at least 4 members (excludes halogenated alkanes) is 5. The number of hydrogen-bond donors (Lipinski definition) is 0. The zero-order valence-corrected chi connectivity index (χ0v) is 18.8. The molecule has 0 aliphatic heterocycles. The topological polar surface area (TPSA) is 0 Å². The lowest BCUT2D eigenvalue weighted by atomic mass is 9.77. The smallest absolute Gasteiger partial charge is 0.169 e. The largest absolute Gasteiger partial charge is 0.206 e. The predicted molar refractivity (Wildman–Crippen MR) is 119 cm³/mol. The van der Waals surface area contributed by atoms with Crippen molar-refractivity contribution in [3.8, 4) is 11.1 Å². The van der Waals surface area contributed by atoms with E-state index < -0.39 is 28.8 Å². The standard InChI is InChI=1S/C27H34F4/c1-3-4-5-6-7-8-9-19-10-12-20(13-11-19)21-14-15-22(23(28)17-21)25-24(29)16-18(2)26(30)27(25)31/h14-17,19-20H,3-13H2,1-2H3/t19-,20-. The molecule has 31 heavy (non-hydrogen) atoms. The molecule has 0 atom stereocenters. The van der Waals surface area contributed by atoms with Gasteiger partial charge >= 0.3 is 0 Å². The SMILES string of the molecule is CCCCCCCC[C@H]1CC[C@H](c2ccc(-c3c(F)cc(C)c(F)c3F)c(F)c2)CC1. The zero-order valence-electron chi connectivity index (χ0n) is 18.8. The Labute approximate surface area is 184 Å². The Morgan fingerprint density at radius 1 is 0.774 bits per heavy atom. The summed E-state index contributed by atoms with van der Waals surface area (Å²) in [5.74, 6) is -3.09. The molecule has 4 heteroatoms. The van der Waals surface area contributed by atoms with E-state index in [0.29, 0.717) is 0 Å². The molecule has 1 aliphatic rings. The van der Waals surface area contributed by atoms with Crippen LogP contribution in [0.5, 0.6) is 0 Å². The molecule has 0 nitrogen and oxygen atoms in total. The van der Waals surface area contributed by atoms with Crippen LogP contribution in [0, 0.1) is 36.1 Å². The van der Waals surface area contributed by atoms with Gasteiger partial charge in [0.05, 0.1) is 5.56 Å². The average Bonchev–Trinajstić information content (AvgIpc) is 2.76. The summed E-state index contributed by atoms with van der Waals surface area (Å²) in [6.07, 6.45) is 13.5. The van der Waals surface area contributed by atoms with Gasteiger partial charge in [0.15, 0.2) is 11.6 Å². The highest BCUT2D eigenvalue weighted by atomic mass is 19.2. The minimum Gasteiger partial charge on any atom is -0.206 e. The lowest BCUT2D eigenvalue weighted by Gasteiger charge is -2.29. The molecule has 2 aromatic rings. The van der Waals surface area contributed by atoms with Gasteiger partial charge in [0.25, 0.3) is 0 Å². The summed E-state index contributed by atoms with van der Waals surface area (Å²) in [7, 11) is 0. The third-order valence-electron chi connectivity index (χ3n) is 6.89. The van der Waals surface area contributed by atoms with Gasteiger partial charge in [-0.2, -0.15) is 0 Å². The van der Waals surface area contributed by atoms with Crippen LogP contribution in [0.4, 0.5) is 17.6 Å². The van der Waals surface area contributed by atoms with E-state index in [4.69, 9.17) is 0 Å². The number of halogens is 4. The molecule has 170 valence electrons. The average molecular weight is 435 g/mol. The van der Waals surface area contributed by atoms with Gasteiger partial charge in [-0.3, -0.25) is 0 Å². The number of rotatable bonds is 9. The van der Waals surface area contributed by atoms with E-state index in [1.807, 2.05) is 0 Å². The van der Waals surface area contributed by atoms with Crippen molar-refractivity contribution < 1.29 is 17.6 Å². The Hall–Kier alpha value is -1.84. The molecule has 0 unspecified atom stereocenters. The number of benzene rings is 2. The second kappa shape index (κ2) is 11.2. The molecule has 0 bridgehead atoms. The van der Waals surface area contributed by atoms with Crippen LogP contribution in [0.3, 0.4) is 0 Å². The summed E-state index contributed by atoms with van der Waals surface area (Å²) in [5.41, 5.74) is -0.120. The summed E-state index contributed by atoms with van der Waals surface area (Å²) in [5, 5.41) is 0. The van der Waals surface area contributed by atoms with Gasteiger partial charge in [-0.25, -0.2) is 17.6 Å². The first-order valence-electron chi connectivity index (χ1n) is 11.9. The van der Waals surface area contributed by atoms with Crippen molar-refractivity contribution in [2.24, 2.45) is 5.92 Å². The molecule has 1 saturated carbocycles. The highest BCUT2D eigenvalue weighted by molar-refractivity contribution is 5.66. The maximum atomic E-state index is 14.8. The molecular formula is C27H34F4. The van der Waals surface area contributed by atoms with Gasteiger partial charge in [0.2, 0.25) is 0 Å². The third kappa shape index (κ3) is 5.90. The minimum absolute atomic E-state index is 0.131. The van der Waals surface area contributed by atoms with Crippen molar-refractivity contribution in [3.63, 3.8) is 0 Å². The molecular weight excluding hydrogens is 400 g/mol. The van der Waals surface area contributed by atoms with Crippen LogP contribution in [0.1, 0.15) is 94.6 Å². The van der Waals surface area contributed by atoms with Gasteiger partial charge in [-0.05, 0) is 67.7 Å². The van der Waals surface area contributed by atoms with E-state index in [9.17, 15) is 17.6 Å². The Kier molecular flexibility index (Phi) is 8.57. The van der Waals surface area contributed by atoms with E-state index >= 15 is 0 Å². The molecule has 1 aliphatic carbocycles. The van der Waals surface area contributed by atoms with E-state index in [2.05, 4.69) is 6.92 Å². The maximum absolute atomic E-state index is 14.8. The van der Waals surface area contributed by atoms with Crippen molar-refractivity contribution >= 4 is 0 Å². The fourth-order valence-electron chi connectivity index (χ4n) is 4.95. The fourth-order valence-corrected chi connectivity index (χ4v) is 4.95. The third-order valence-corrected chi connectivity index (χ3v) is 6.89. The van der Waals surface area contributed by atoms with Crippen LogP contribution in [0.25, 0.3) is 11.1 Å². The molecule has 2 aromatic carbocycles. The summed E-state index contributed by atoms with van der Waals surface area (Å²) >= 11 is 0. The minimum atomic E-state index is -1.33. The van der Waals surface area contributed by atoms with Gasteiger partial charge in [0.1, 0.15) is 11.6 Å². The van der Waals surface area contributed by atoms with Crippen molar-refractivity contribution in [1.82, 2.24) is 0 Å². The van der Waals surface area contributed by atoms with Crippen molar-refractivity contribution in [2.45, 2.75) is 90.4 Å². The summed E-state index contributed by atoms with van der Waals surface area (Å²) in [6, 6.07) is 5.42. The monoisotopic (exact) mass is 434 g/mol. The number of hydrogen-bond acceptors (Lipinski definition) is 0. The second-order valence-electron chi connectivity index (χ2n) is 9.19. The van der Waals surface area contributed by atoms with Crippen LogP contribution < -0.4 is 0 Å². The van der Waals surface area contributed by atoms with E-state index in [-0.39, 0.29) is 17.0 Å². The molecule has 0 amide bonds. The van der Waals surface area contributed by atoms with E-state index in [1.54, 1.807) is 6.07 Å². The molecule has 3 rings (SSSR count). The van der Waals surface area contributed by atoms with Crippen LogP contribution >= 0.6 is 0 Å². The lowest BCUT2D eigenvalue weighted by molar-refractivity contribution is 0.301. The molecule has 0 aromatic heterocycles. The van der Waals surface area contributed by atoms with Gasteiger partial charge in [-0.1, -0.05) is 64.0 Å². The predicted octanol–water partition coefficient (Wildman–Crippen LogP) is 9.24. The van der Waals surface area contributed by atoms with Crippen molar-refractivity contribution in [3.05, 3.63) is 58.7 Å². The molecule has 0 saturated heterocycles. The van der Waals surface area contributed by atoms with Gasteiger partial charge in [0, 0.05) is 5.56 Å². The Balaban J connectivity index is 1.59. The molecule has 0 N–H and O–H groups in total. The molecule has 0 spiro atoms. The highest BCUT2D eigenvalue weighted by Gasteiger charge is 2.25. The Morgan fingerprint density at radius 3 is 2.13 bits per heavy atom. The second-order valence-corrected chi connectivity index (χ2v) is 9.19. The first-order valence-corrected chi connectivity index (χ1v) is 11.9. The van der Waals surface area contributed by atoms with Crippen molar-refractivity contribution in [1.29, 1.82) is 0 Å². The zero-order chi connectivity index (χ0) is 22.4. The van der Waals surface area contributed by atoms with Crippen LogP contribution in [-0.2, 0) is 0 Å². The maximum Gasteiger partial charge on any atom is 0.169 e. The normalized spacial score (nSPS) is 19.0. The Bertz CT molecular complexity index is 866. The number of aryl methyl sites for hydroxylation is 1. The molecule has 1 fully saturated rings. The van der Waals surface area contributed by atoms with Crippen LogP contribution in [0.2, 0.25) is 0 Å². The summed E-state index contributed by atoms with van der Waals surface area (Å²) < 4.78 is 57.3. The first-order chi connectivity index (χ1) is 14.9. The van der Waals surface area contributed by atoms with Gasteiger partial charge in [-0.15, -0.1) is 0 Å². The summed E-state index contributed by atoms with van der Waals surface area (Å²) in [6.45, 7) is 3.52. The van der Waals surface area contributed by atoms with Crippen LogP contribution in [-0.4, -0.2) is 0 Å². The Morgan fingerprint density at radius 2 is 1.45 bits per heavy atom. The van der Waals surface area contributed by atoms with Crippen LogP contribution in [0.15, 0.2) is 24.3 Å². The lowest BCUT2D eigenvalue weighted by Crippen LogP contribution is -2.13. The highest BCUT2D eigenvalue weighted by Crippen LogP contribution is 2.39. The summed E-state index contributed by atoms with van der Waals surface area (Å²) in [4.78, 5) is 0. The molecule has 0 radical (unpaired) electrons. The van der Waals surface area contributed by atoms with Gasteiger partial charge < -0.3 is 0 Å².